The first kappa shape index (κ1) is 14.8. The Labute approximate surface area is 89.6 Å². The topological polar surface area (TPSA) is 80.7 Å². The van der Waals surface area contributed by atoms with Crippen molar-refractivity contribution in [2.45, 2.75) is 19.4 Å². The molecule has 0 aromatic carbocycles. The molecule has 0 fully saturated rings. The molecular formula is C7H9F3O5S. The second kappa shape index (κ2) is 3.96. The van der Waals surface area contributed by atoms with Crippen molar-refractivity contribution >= 4 is 16.1 Å². The quantitative estimate of drug-likeness (QED) is 0.471. The molecule has 0 unspecified atom stereocenters. The third-order valence-corrected chi connectivity index (χ3v) is 2.71. The van der Waals surface area contributed by atoms with Crippen LogP contribution < -0.4 is 0 Å². The van der Waals surface area contributed by atoms with Gasteiger partial charge in [-0.25, -0.2) is 0 Å². The second-order valence-corrected chi connectivity index (χ2v) is 4.87. The van der Waals surface area contributed by atoms with Gasteiger partial charge in [-0.1, -0.05) is 6.58 Å². The van der Waals surface area contributed by atoms with Crippen molar-refractivity contribution in [1.29, 1.82) is 0 Å². The van der Waals surface area contributed by atoms with E-state index in [1.165, 1.54) is 0 Å². The third kappa shape index (κ3) is 2.87. The predicted octanol–water partition coefficient (Wildman–Crippen LogP) is 1.48. The van der Waals surface area contributed by atoms with E-state index in [9.17, 15) is 26.4 Å². The van der Waals surface area contributed by atoms with E-state index in [1.807, 2.05) is 0 Å². The van der Waals surface area contributed by atoms with E-state index in [1.54, 1.807) is 0 Å². The van der Waals surface area contributed by atoms with E-state index >= 15 is 0 Å². The van der Waals surface area contributed by atoms with Crippen LogP contribution in [-0.2, 0) is 19.1 Å². The first-order valence-corrected chi connectivity index (χ1v) is 5.16. The van der Waals surface area contributed by atoms with Gasteiger partial charge in [0.25, 0.3) is 0 Å². The SMILES string of the molecule is C=C(OS(=O)(=O)C(F)(F)F)C(C)(C)C(=O)O. The summed E-state index contributed by atoms with van der Waals surface area (Å²) in [6.07, 6.45) is 0. The smallest absolute Gasteiger partial charge is 0.481 e. The summed E-state index contributed by atoms with van der Waals surface area (Å²) in [5.74, 6) is -2.58. The van der Waals surface area contributed by atoms with E-state index in [4.69, 9.17) is 5.11 Å². The molecule has 9 heteroatoms. The van der Waals surface area contributed by atoms with Crippen LogP contribution >= 0.6 is 0 Å². The van der Waals surface area contributed by atoms with Crippen LogP contribution in [0.25, 0.3) is 0 Å². The summed E-state index contributed by atoms with van der Waals surface area (Å²) in [4.78, 5) is 10.6. The van der Waals surface area contributed by atoms with Crippen LogP contribution in [0, 0.1) is 5.41 Å². The average Bonchev–Trinajstić information content (AvgIpc) is 2.00. The first-order chi connectivity index (χ1) is 6.82. The molecule has 0 bridgehead atoms. The largest absolute Gasteiger partial charge is 0.534 e. The minimum atomic E-state index is -5.88. The van der Waals surface area contributed by atoms with Crippen LogP contribution in [-0.4, -0.2) is 25.0 Å². The molecule has 0 saturated carbocycles. The van der Waals surface area contributed by atoms with Gasteiger partial charge in [0.2, 0.25) is 0 Å². The van der Waals surface area contributed by atoms with Crippen molar-refractivity contribution in [2.24, 2.45) is 5.41 Å². The predicted molar refractivity (Wildman–Crippen MR) is 46.6 cm³/mol. The molecule has 0 saturated heterocycles. The number of alkyl halides is 3. The minimum absolute atomic E-state index is 0.962. The first-order valence-electron chi connectivity index (χ1n) is 3.76. The van der Waals surface area contributed by atoms with Gasteiger partial charge < -0.3 is 9.29 Å². The highest BCUT2D eigenvalue weighted by molar-refractivity contribution is 7.87. The Balaban J connectivity index is 5.07. The number of aliphatic carboxylic acids is 1. The molecule has 16 heavy (non-hydrogen) atoms. The van der Waals surface area contributed by atoms with E-state index in [-0.39, 0.29) is 0 Å². The molecule has 0 aliphatic carbocycles. The number of carbonyl (C=O) groups is 1. The highest BCUT2D eigenvalue weighted by Gasteiger charge is 2.50. The molecule has 0 amide bonds. The zero-order valence-corrected chi connectivity index (χ0v) is 9.15. The van der Waals surface area contributed by atoms with Crippen molar-refractivity contribution < 1.29 is 35.7 Å². The number of halogens is 3. The summed E-state index contributed by atoms with van der Waals surface area (Å²) in [5, 5.41) is 8.59. The number of carboxylic acids is 1. The zero-order chi connectivity index (χ0) is 13.4. The molecule has 5 nitrogen and oxygen atoms in total. The van der Waals surface area contributed by atoms with Crippen LogP contribution in [0.4, 0.5) is 13.2 Å². The highest BCUT2D eigenvalue weighted by atomic mass is 32.2. The third-order valence-electron chi connectivity index (χ3n) is 1.73. The maximum absolute atomic E-state index is 11.9. The Morgan fingerprint density at radius 2 is 1.69 bits per heavy atom. The lowest BCUT2D eigenvalue weighted by molar-refractivity contribution is -0.146. The van der Waals surface area contributed by atoms with Gasteiger partial charge in [-0.2, -0.15) is 21.6 Å². The lowest BCUT2D eigenvalue weighted by atomic mass is 9.92. The second-order valence-electron chi connectivity index (χ2n) is 3.34. The lowest BCUT2D eigenvalue weighted by Crippen LogP contribution is -2.32. The van der Waals surface area contributed by atoms with Crippen LogP contribution in [0.3, 0.4) is 0 Å². The van der Waals surface area contributed by atoms with Crippen LogP contribution in [0.15, 0.2) is 12.3 Å². The fourth-order valence-corrected chi connectivity index (χ4v) is 0.971. The number of hydrogen-bond acceptors (Lipinski definition) is 4. The van der Waals surface area contributed by atoms with Crippen molar-refractivity contribution in [2.75, 3.05) is 0 Å². The van der Waals surface area contributed by atoms with Crippen molar-refractivity contribution in [1.82, 2.24) is 0 Å². The fraction of sp³-hybridized carbons (Fsp3) is 0.571. The minimum Gasteiger partial charge on any atom is -0.481 e. The monoisotopic (exact) mass is 262 g/mol. The molecular weight excluding hydrogens is 253 g/mol. The summed E-state index contributed by atoms with van der Waals surface area (Å²) in [6.45, 7) is 4.79. The van der Waals surface area contributed by atoms with Gasteiger partial charge in [-0.15, -0.1) is 0 Å². The van der Waals surface area contributed by atoms with Gasteiger partial charge in [-0.3, -0.25) is 4.79 Å². The van der Waals surface area contributed by atoms with Gasteiger partial charge in [0.15, 0.2) is 0 Å². The fourth-order valence-electron chi connectivity index (χ4n) is 0.403. The lowest BCUT2D eigenvalue weighted by Gasteiger charge is -2.21. The van der Waals surface area contributed by atoms with Crippen molar-refractivity contribution in [3.63, 3.8) is 0 Å². The molecule has 0 spiro atoms. The van der Waals surface area contributed by atoms with E-state index in [0.717, 1.165) is 13.8 Å². The summed E-state index contributed by atoms with van der Waals surface area (Å²) < 4.78 is 60.3. The maximum atomic E-state index is 11.9. The number of hydrogen-bond donors (Lipinski definition) is 1. The number of rotatable bonds is 4. The van der Waals surface area contributed by atoms with Gasteiger partial charge in [0.1, 0.15) is 11.2 Å². The summed E-state index contributed by atoms with van der Waals surface area (Å²) >= 11 is 0. The Kier molecular flexibility index (Phi) is 3.65. The summed E-state index contributed by atoms with van der Waals surface area (Å²) in [6, 6.07) is 0. The molecule has 0 atom stereocenters. The van der Waals surface area contributed by atoms with E-state index in [2.05, 4.69) is 10.8 Å². The molecule has 94 valence electrons. The molecule has 0 aliphatic heterocycles. The van der Waals surface area contributed by atoms with Crippen LogP contribution in [0.1, 0.15) is 13.8 Å². The van der Waals surface area contributed by atoms with Gasteiger partial charge >= 0.3 is 21.6 Å². The maximum Gasteiger partial charge on any atom is 0.534 e. The Morgan fingerprint density at radius 3 is 1.94 bits per heavy atom. The summed E-state index contributed by atoms with van der Waals surface area (Å²) in [7, 11) is -5.88. The van der Waals surface area contributed by atoms with Crippen LogP contribution in [0.5, 0.6) is 0 Å². The Morgan fingerprint density at radius 1 is 1.31 bits per heavy atom. The molecule has 0 aliphatic rings. The molecule has 1 N–H and O–H groups in total. The standard InChI is InChI=1S/C7H9F3O5S/c1-4(6(2,3)5(11)12)15-16(13,14)7(8,9)10/h1H2,2-3H3,(H,11,12). The van der Waals surface area contributed by atoms with E-state index < -0.39 is 32.8 Å². The summed E-state index contributed by atoms with van der Waals surface area (Å²) in [5.41, 5.74) is -7.57. The number of carboxylic acid groups (broad SMARTS) is 1. The normalized spacial score (nSPS) is 13.3. The molecule has 0 rings (SSSR count). The van der Waals surface area contributed by atoms with Crippen molar-refractivity contribution in [3.05, 3.63) is 12.3 Å². The van der Waals surface area contributed by atoms with Crippen molar-refractivity contribution in [3.8, 4) is 0 Å². The molecule has 0 aromatic rings. The average molecular weight is 262 g/mol. The zero-order valence-electron chi connectivity index (χ0n) is 8.33. The Bertz CT molecular complexity index is 406. The van der Waals surface area contributed by atoms with Gasteiger partial charge in [0.05, 0.1) is 0 Å². The molecule has 0 radical (unpaired) electrons. The van der Waals surface area contributed by atoms with Gasteiger partial charge in [0, 0.05) is 0 Å². The van der Waals surface area contributed by atoms with Gasteiger partial charge in [-0.05, 0) is 13.8 Å². The highest BCUT2D eigenvalue weighted by Crippen LogP contribution is 2.32. The Hall–Kier alpha value is -1.25. The molecule has 0 heterocycles. The molecule has 0 aromatic heterocycles. The van der Waals surface area contributed by atoms with E-state index in [0.29, 0.717) is 0 Å². The van der Waals surface area contributed by atoms with Crippen LogP contribution in [0.2, 0.25) is 0 Å².